The third-order valence-corrected chi connectivity index (χ3v) is 3.68. The van der Waals surface area contributed by atoms with Crippen molar-refractivity contribution in [1.82, 2.24) is 4.98 Å². The van der Waals surface area contributed by atoms with E-state index in [9.17, 15) is 4.79 Å². The molecule has 1 aliphatic heterocycles. The molecule has 1 unspecified atom stereocenters. The predicted molar refractivity (Wildman–Crippen MR) is 62.9 cm³/mol. The van der Waals surface area contributed by atoms with Gasteiger partial charge in [0.15, 0.2) is 15.8 Å². The maximum atomic E-state index is 10.8. The number of nitrogens with zero attached hydrogens (tertiary/aromatic N) is 2. The molecule has 5 N–H and O–H groups in total. The summed E-state index contributed by atoms with van der Waals surface area (Å²) in [5.74, 6) is -0.936. The maximum absolute atomic E-state index is 10.8. The van der Waals surface area contributed by atoms with Crippen molar-refractivity contribution < 1.29 is 9.90 Å². The van der Waals surface area contributed by atoms with E-state index in [2.05, 4.69) is 4.98 Å². The summed E-state index contributed by atoms with van der Waals surface area (Å²) in [6, 6.07) is 0.132. The third-order valence-electron chi connectivity index (χ3n) is 2.56. The second kappa shape index (κ2) is 4.26. The molecule has 1 atom stereocenters. The number of nitrogens with two attached hydrogens (primary N) is 2. The van der Waals surface area contributed by atoms with Crippen LogP contribution in [-0.2, 0) is 0 Å². The lowest BCUT2D eigenvalue weighted by Crippen LogP contribution is -2.42. The van der Waals surface area contributed by atoms with Crippen LogP contribution in [0.2, 0.25) is 0 Å². The fraction of sp³-hybridized carbons (Fsp3) is 0.556. The molecule has 0 saturated carbocycles. The van der Waals surface area contributed by atoms with E-state index in [1.54, 1.807) is 0 Å². The highest BCUT2D eigenvalue weighted by molar-refractivity contribution is 7.17. The highest BCUT2D eigenvalue weighted by Gasteiger charge is 2.22. The van der Waals surface area contributed by atoms with Crippen LogP contribution in [0.1, 0.15) is 22.5 Å². The van der Waals surface area contributed by atoms with Gasteiger partial charge in [0.1, 0.15) is 0 Å². The molecule has 0 spiro atoms. The Labute approximate surface area is 96.9 Å². The van der Waals surface area contributed by atoms with Crippen LogP contribution in [0.4, 0.5) is 10.9 Å². The molecule has 1 aromatic heterocycles. The Kier molecular flexibility index (Phi) is 2.97. The van der Waals surface area contributed by atoms with Gasteiger partial charge in [0.2, 0.25) is 0 Å². The summed E-state index contributed by atoms with van der Waals surface area (Å²) in [6.45, 7) is 1.58. The highest BCUT2D eigenvalue weighted by Crippen LogP contribution is 2.29. The van der Waals surface area contributed by atoms with E-state index in [0.29, 0.717) is 11.7 Å². The van der Waals surface area contributed by atoms with Crippen LogP contribution in [0.15, 0.2) is 0 Å². The number of carboxylic acid groups (broad SMARTS) is 1. The topological polar surface area (TPSA) is 105 Å². The first-order valence-corrected chi connectivity index (χ1v) is 5.89. The van der Waals surface area contributed by atoms with Gasteiger partial charge in [-0.1, -0.05) is 11.3 Å². The summed E-state index contributed by atoms with van der Waals surface area (Å²) >= 11 is 1.11. The highest BCUT2D eigenvalue weighted by atomic mass is 32.1. The molecule has 16 heavy (non-hydrogen) atoms. The van der Waals surface area contributed by atoms with Crippen molar-refractivity contribution in [2.24, 2.45) is 5.73 Å². The monoisotopic (exact) mass is 242 g/mol. The van der Waals surface area contributed by atoms with Gasteiger partial charge in [-0.3, -0.25) is 0 Å². The van der Waals surface area contributed by atoms with Crippen LogP contribution in [0.5, 0.6) is 0 Å². The van der Waals surface area contributed by atoms with Gasteiger partial charge in [-0.2, -0.15) is 0 Å². The second-order valence-corrected chi connectivity index (χ2v) is 4.84. The van der Waals surface area contributed by atoms with Crippen molar-refractivity contribution in [2.75, 3.05) is 23.7 Å². The number of nitrogen functional groups attached to an aromatic ring is 1. The molecule has 1 aromatic rings. The van der Waals surface area contributed by atoms with Crippen LogP contribution in [-0.4, -0.2) is 35.2 Å². The van der Waals surface area contributed by atoms with Crippen molar-refractivity contribution in [3.8, 4) is 0 Å². The number of piperidine rings is 1. The number of carboxylic acids is 1. The molecule has 1 aliphatic rings. The smallest absolute Gasteiger partial charge is 0.349 e. The SMILES string of the molecule is Nc1nc(N2CCCC(N)C2)sc1C(=O)O. The van der Waals surface area contributed by atoms with Gasteiger partial charge in [-0.05, 0) is 12.8 Å². The number of thiazole rings is 1. The minimum absolute atomic E-state index is 0.0895. The third kappa shape index (κ3) is 2.10. The summed E-state index contributed by atoms with van der Waals surface area (Å²) in [5.41, 5.74) is 11.4. The van der Waals surface area contributed by atoms with Crippen LogP contribution in [0.3, 0.4) is 0 Å². The quantitative estimate of drug-likeness (QED) is 0.691. The van der Waals surface area contributed by atoms with Crippen LogP contribution in [0.25, 0.3) is 0 Å². The Hall–Kier alpha value is -1.34. The molecular weight excluding hydrogens is 228 g/mol. The first-order chi connectivity index (χ1) is 7.58. The molecule has 88 valence electrons. The molecular formula is C9H14N4O2S. The van der Waals surface area contributed by atoms with E-state index in [1.807, 2.05) is 4.90 Å². The first kappa shape index (κ1) is 11.2. The van der Waals surface area contributed by atoms with E-state index in [4.69, 9.17) is 16.6 Å². The van der Waals surface area contributed by atoms with Crippen molar-refractivity contribution in [3.05, 3.63) is 4.88 Å². The van der Waals surface area contributed by atoms with Crippen molar-refractivity contribution in [3.63, 3.8) is 0 Å². The summed E-state index contributed by atoms with van der Waals surface area (Å²) in [7, 11) is 0. The van der Waals surface area contributed by atoms with Crippen LogP contribution in [0, 0.1) is 0 Å². The first-order valence-electron chi connectivity index (χ1n) is 5.08. The number of hydrogen-bond acceptors (Lipinski definition) is 6. The number of aromatic carboxylic acids is 1. The van der Waals surface area contributed by atoms with E-state index < -0.39 is 5.97 Å². The Morgan fingerprint density at radius 3 is 2.94 bits per heavy atom. The minimum Gasteiger partial charge on any atom is -0.477 e. The largest absolute Gasteiger partial charge is 0.477 e. The number of hydrogen-bond donors (Lipinski definition) is 3. The molecule has 7 heteroatoms. The van der Waals surface area contributed by atoms with E-state index in [1.165, 1.54) is 0 Å². The number of anilines is 2. The zero-order valence-corrected chi connectivity index (χ0v) is 9.54. The second-order valence-electron chi connectivity index (χ2n) is 3.86. The molecule has 0 aliphatic carbocycles. The molecule has 0 bridgehead atoms. The van der Waals surface area contributed by atoms with E-state index >= 15 is 0 Å². The molecule has 0 aromatic carbocycles. The number of carbonyl (C=O) groups is 1. The number of aromatic nitrogens is 1. The Morgan fingerprint density at radius 1 is 1.62 bits per heavy atom. The predicted octanol–water partition coefficient (Wildman–Crippen LogP) is 0.351. The van der Waals surface area contributed by atoms with Crippen molar-refractivity contribution in [2.45, 2.75) is 18.9 Å². The Morgan fingerprint density at radius 2 is 2.38 bits per heavy atom. The minimum atomic E-state index is -1.03. The van der Waals surface area contributed by atoms with Gasteiger partial charge in [0.05, 0.1) is 0 Å². The lowest BCUT2D eigenvalue weighted by molar-refractivity contribution is 0.0703. The van der Waals surface area contributed by atoms with Gasteiger partial charge in [-0.15, -0.1) is 0 Å². The molecule has 1 fully saturated rings. The fourth-order valence-electron chi connectivity index (χ4n) is 1.79. The molecule has 2 heterocycles. The average Bonchev–Trinajstić information content (AvgIpc) is 2.60. The van der Waals surface area contributed by atoms with Gasteiger partial charge in [-0.25, -0.2) is 9.78 Å². The lowest BCUT2D eigenvalue weighted by Gasteiger charge is -2.30. The standard InChI is InChI=1S/C9H14N4O2S/c10-5-2-1-3-13(4-5)9-12-7(11)6(16-9)8(14)15/h5H,1-4,10-11H2,(H,14,15). The van der Waals surface area contributed by atoms with Gasteiger partial charge >= 0.3 is 5.97 Å². The van der Waals surface area contributed by atoms with E-state index in [-0.39, 0.29) is 16.7 Å². The summed E-state index contributed by atoms with van der Waals surface area (Å²) in [6.07, 6.45) is 2.01. The van der Waals surface area contributed by atoms with E-state index in [0.717, 1.165) is 30.7 Å². The summed E-state index contributed by atoms with van der Waals surface area (Å²) in [5, 5.41) is 9.53. The van der Waals surface area contributed by atoms with Crippen LogP contribution < -0.4 is 16.4 Å². The molecule has 0 radical (unpaired) electrons. The lowest BCUT2D eigenvalue weighted by atomic mass is 10.1. The molecule has 2 rings (SSSR count). The van der Waals surface area contributed by atoms with Crippen LogP contribution >= 0.6 is 11.3 Å². The molecule has 6 nitrogen and oxygen atoms in total. The summed E-state index contributed by atoms with van der Waals surface area (Å²) in [4.78, 5) is 17.0. The zero-order chi connectivity index (χ0) is 11.7. The Bertz CT molecular complexity index is 406. The van der Waals surface area contributed by atoms with Gasteiger partial charge < -0.3 is 21.5 Å². The van der Waals surface area contributed by atoms with Crippen molar-refractivity contribution >= 4 is 28.3 Å². The number of rotatable bonds is 2. The summed E-state index contributed by atoms with van der Waals surface area (Å²) < 4.78 is 0. The normalized spacial score (nSPS) is 21.1. The molecule has 1 saturated heterocycles. The molecule has 0 amide bonds. The maximum Gasteiger partial charge on any atom is 0.349 e. The Balaban J connectivity index is 2.20. The van der Waals surface area contributed by atoms with Crippen molar-refractivity contribution in [1.29, 1.82) is 0 Å². The fourth-order valence-corrected chi connectivity index (χ4v) is 2.65. The van der Waals surface area contributed by atoms with Gasteiger partial charge in [0, 0.05) is 19.1 Å². The zero-order valence-electron chi connectivity index (χ0n) is 8.72. The van der Waals surface area contributed by atoms with Gasteiger partial charge in [0.25, 0.3) is 0 Å². The average molecular weight is 242 g/mol.